The maximum atomic E-state index is 13.5. The summed E-state index contributed by atoms with van der Waals surface area (Å²) in [5.41, 5.74) is 1.80. The lowest BCUT2D eigenvalue weighted by Crippen LogP contribution is -2.58. The largest absolute Gasteiger partial charge is 0.328 e. The van der Waals surface area contributed by atoms with Crippen molar-refractivity contribution in [3.05, 3.63) is 71.5 Å². The molecule has 1 aliphatic carbocycles. The average molecular weight is 394 g/mol. The third-order valence-corrected chi connectivity index (χ3v) is 6.14. The Morgan fingerprint density at radius 1 is 0.897 bits per heavy atom. The molecule has 2 aliphatic rings. The number of carbonyl (C=O) groups excluding carboxylic acids is 2. The van der Waals surface area contributed by atoms with Crippen molar-refractivity contribution < 1.29 is 14.0 Å². The van der Waals surface area contributed by atoms with Gasteiger partial charge in [0.2, 0.25) is 5.91 Å². The van der Waals surface area contributed by atoms with Crippen LogP contribution in [0.1, 0.15) is 49.3 Å². The van der Waals surface area contributed by atoms with Gasteiger partial charge in [0.05, 0.1) is 0 Å². The molecule has 0 bridgehead atoms. The summed E-state index contributed by atoms with van der Waals surface area (Å²) < 4.78 is 13.5. The predicted molar refractivity (Wildman–Crippen MR) is 110 cm³/mol. The van der Waals surface area contributed by atoms with E-state index in [1.807, 2.05) is 30.3 Å². The number of hydrogen-bond acceptors (Lipinski definition) is 2. The van der Waals surface area contributed by atoms with E-state index in [-0.39, 0.29) is 30.2 Å². The van der Waals surface area contributed by atoms with Crippen molar-refractivity contribution >= 4 is 11.8 Å². The van der Waals surface area contributed by atoms with E-state index in [4.69, 9.17) is 0 Å². The van der Waals surface area contributed by atoms with Gasteiger partial charge in [-0.3, -0.25) is 9.59 Å². The zero-order valence-corrected chi connectivity index (χ0v) is 16.6. The molecular formula is C24H27FN2O2. The summed E-state index contributed by atoms with van der Waals surface area (Å²) in [5, 5.41) is 0. The molecule has 1 saturated heterocycles. The highest BCUT2D eigenvalue weighted by molar-refractivity contribution is 5.95. The molecule has 1 saturated carbocycles. The van der Waals surface area contributed by atoms with E-state index in [1.165, 1.54) is 18.6 Å². The monoisotopic (exact) mass is 394 g/mol. The molecule has 2 amide bonds. The molecule has 0 unspecified atom stereocenters. The predicted octanol–water partition coefficient (Wildman–Crippen LogP) is 4.11. The van der Waals surface area contributed by atoms with Gasteiger partial charge in [0.1, 0.15) is 18.4 Å². The number of amides is 2. The summed E-state index contributed by atoms with van der Waals surface area (Å²) in [6.07, 6.45) is 5.99. The molecule has 2 aromatic rings. The first-order chi connectivity index (χ1) is 14.1. The Labute approximate surface area is 171 Å². The standard InChI is InChI=1S/C24H27FN2O2/c25-20-13-11-19(12-14-20)23-24(29)27(21-9-5-2-6-10-21)17-22(28)26(23)16-15-18-7-3-1-4-8-18/h1,3-4,7-8,11-14,21,23H,2,5-6,9-10,15-17H2/t23-/m0/s1. The van der Waals surface area contributed by atoms with E-state index in [0.717, 1.165) is 31.2 Å². The maximum absolute atomic E-state index is 13.5. The van der Waals surface area contributed by atoms with Crippen LogP contribution >= 0.6 is 0 Å². The van der Waals surface area contributed by atoms with E-state index in [1.54, 1.807) is 21.9 Å². The number of hydrogen-bond donors (Lipinski definition) is 0. The molecule has 1 atom stereocenters. The van der Waals surface area contributed by atoms with E-state index >= 15 is 0 Å². The highest BCUT2D eigenvalue weighted by Crippen LogP contribution is 2.32. The van der Waals surface area contributed by atoms with E-state index < -0.39 is 6.04 Å². The van der Waals surface area contributed by atoms with Crippen molar-refractivity contribution in [2.45, 2.75) is 50.6 Å². The van der Waals surface area contributed by atoms with Crippen molar-refractivity contribution in [1.82, 2.24) is 9.80 Å². The van der Waals surface area contributed by atoms with Crippen LogP contribution in [-0.2, 0) is 16.0 Å². The van der Waals surface area contributed by atoms with E-state index in [2.05, 4.69) is 0 Å². The maximum Gasteiger partial charge on any atom is 0.250 e. The number of nitrogens with zero attached hydrogens (tertiary/aromatic N) is 2. The molecule has 2 aromatic carbocycles. The molecule has 29 heavy (non-hydrogen) atoms. The topological polar surface area (TPSA) is 40.6 Å². The molecule has 0 radical (unpaired) electrons. The molecule has 0 aromatic heterocycles. The number of piperazine rings is 1. The minimum absolute atomic E-state index is 0.0274. The van der Waals surface area contributed by atoms with Crippen molar-refractivity contribution in [1.29, 1.82) is 0 Å². The van der Waals surface area contributed by atoms with Gasteiger partial charge in [0.25, 0.3) is 5.91 Å². The third-order valence-electron chi connectivity index (χ3n) is 6.14. The Morgan fingerprint density at radius 3 is 2.28 bits per heavy atom. The van der Waals surface area contributed by atoms with Crippen LogP contribution < -0.4 is 0 Å². The zero-order valence-electron chi connectivity index (χ0n) is 16.6. The quantitative estimate of drug-likeness (QED) is 0.766. The summed E-state index contributed by atoms with van der Waals surface area (Å²) in [4.78, 5) is 30.1. The Balaban J connectivity index is 1.60. The Hall–Kier alpha value is -2.69. The second-order valence-electron chi connectivity index (χ2n) is 8.03. The number of benzene rings is 2. The van der Waals surface area contributed by atoms with Crippen LogP contribution in [0.25, 0.3) is 0 Å². The summed E-state index contributed by atoms with van der Waals surface area (Å²) in [5.74, 6) is -0.403. The van der Waals surface area contributed by atoms with Gasteiger partial charge in [0.15, 0.2) is 0 Å². The highest BCUT2D eigenvalue weighted by atomic mass is 19.1. The third kappa shape index (κ3) is 4.34. The minimum atomic E-state index is -0.678. The Bertz CT molecular complexity index is 847. The Kier molecular flexibility index (Phi) is 5.93. The fraction of sp³-hybridized carbons (Fsp3) is 0.417. The van der Waals surface area contributed by atoms with E-state index in [0.29, 0.717) is 18.5 Å². The van der Waals surface area contributed by atoms with Crippen LogP contribution in [0.2, 0.25) is 0 Å². The average Bonchev–Trinajstić information content (AvgIpc) is 2.76. The summed E-state index contributed by atoms with van der Waals surface area (Å²) in [6, 6.07) is 15.4. The molecule has 2 fully saturated rings. The van der Waals surface area contributed by atoms with Crippen molar-refractivity contribution in [2.75, 3.05) is 13.1 Å². The van der Waals surface area contributed by atoms with Crippen LogP contribution in [-0.4, -0.2) is 40.7 Å². The van der Waals surface area contributed by atoms with Crippen LogP contribution in [0, 0.1) is 5.82 Å². The van der Waals surface area contributed by atoms with Gasteiger partial charge in [-0.2, -0.15) is 0 Å². The SMILES string of the molecule is O=C1[C@H](c2ccc(F)cc2)N(CCc2ccccc2)C(=O)CN1C1CCCCC1. The van der Waals surface area contributed by atoms with Crippen LogP contribution in [0.3, 0.4) is 0 Å². The molecule has 1 aliphatic heterocycles. The van der Waals surface area contributed by atoms with Gasteiger partial charge in [-0.05, 0) is 42.5 Å². The molecule has 1 heterocycles. The molecule has 152 valence electrons. The van der Waals surface area contributed by atoms with Crippen LogP contribution in [0.15, 0.2) is 54.6 Å². The first-order valence-corrected chi connectivity index (χ1v) is 10.5. The smallest absolute Gasteiger partial charge is 0.250 e. The van der Waals surface area contributed by atoms with Gasteiger partial charge in [-0.15, -0.1) is 0 Å². The Morgan fingerprint density at radius 2 is 1.59 bits per heavy atom. The fourth-order valence-corrected chi connectivity index (χ4v) is 4.57. The number of rotatable bonds is 5. The fourth-order valence-electron chi connectivity index (χ4n) is 4.57. The molecule has 4 rings (SSSR count). The van der Waals surface area contributed by atoms with Crippen molar-refractivity contribution in [2.24, 2.45) is 0 Å². The second kappa shape index (κ2) is 8.76. The second-order valence-corrected chi connectivity index (χ2v) is 8.03. The molecule has 5 heteroatoms. The first-order valence-electron chi connectivity index (χ1n) is 10.5. The van der Waals surface area contributed by atoms with Crippen LogP contribution in [0.5, 0.6) is 0 Å². The minimum Gasteiger partial charge on any atom is -0.328 e. The molecule has 0 spiro atoms. The van der Waals surface area contributed by atoms with Crippen molar-refractivity contribution in [3.8, 4) is 0 Å². The van der Waals surface area contributed by atoms with Crippen molar-refractivity contribution in [3.63, 3.8) is 0 Å². The van der Waals surface area contributed by atoms with E-state index in [9.17, 15) is 14.0 Å². The molecular weight excluding hydrogens is 367 g/mol. The zero-order chi connectivity index (χ0) is 20.2. The summed E-state index contributed by atoms with van der Waals surface area (Å²) in [6.45, 7) is 0.616. The van der Waals surface area contributed by atoms with Gasteiger partial charge >= 0.3 is 0 Å². The van der Waals surface area contributed by atoms with Crippen LogP contribution in [0.4, 0.5) is 4.39 Å². The lowest BCUT2D eigenvalue weighted by atomic mass is 9.91. The van der Waals surface area contributed by atoms with Gasteiger partial charge in [-0.25, -0.2) is 4.39 Å². The number of carbonyl (C=O) groups is 2. The summed E-state index contributed by atoms with van der Waals surface area (Å²) >= 11 is 0. The van der Waals surface area contributed by atoms with Gasteiger partial charge in [-0.1, -0.05) is 61.7 Å². The normalized spacial score (nSPS) is 20.9. The lowest BCUT2D eigenvalue weighted by Gasteiger charge is -2.44. The number of halogens is 1. The molecule has 0 N–H and O–H groups in total. The van der Waals surface area contributed by atoms with Gasteiger partial charge < -0.3 is 9.80 Å². The summed E-state index contributed by atoms with van der Waals surface area (Å²) in [7, 11) is 0. The highest BCUT2D eigenvalue weighted by Gasteiger charge is 2.42. The van der Waals surface area contributed by atoms with Gasteiger partial charge in [0, 0.05) is 12.6 Å². The lowest BCUT2D eigenvalue weighted by molar-refractivity contribution is -0.159. The molecule has 4 nitrogen and oxygen atoms in total. The first kappa shape index (κ1) is 19.6.